The van der Waals surface area contributed by atoms with Gasteiger partial charge in [-0.25, -0.2) is 0 Å². The summed E-state index contributed by atoms with van der Waals surface area (Å²) in [4.78, 5) is 0. The van der Waals surface area contributed by atoms with Crippen molar-refractivity contribution in [2.75, 3.05) is 6.54 Å². The highest BCUT2D eigenvalue weighted by Crippen LogP contribution is 2.32. The van der Waals surface area contributed by atoms with Crippen LogP contribution in [0.4, 0.5) is 13.2 Å². The molecule has 0 aliphatic heterocycles. The molecule has 2 aromatic rings. The van der Waals surface area contributed by atoms with Crippen LogP contribution in [0.25, 0.3) is 11.3 Å². The average molecular weight is 298 g/mol. The number of hydrogen-bond acceptors (Lipinski definition) is 3. The van der Waals surface area contributed by atoms with Crippen molar-refractivity contribution in [2.24, 2.45) is 5.92 Å². The SMILES string of the molecule is CC(C)CNCc1cc(-c2cccc(C(F)(F)F)c2)on1. The molecule has 0 fully saturated rings. The Morgan fingerprint density at radius 2 is 2.00 bits per heavy atom. The monoisotopic (exact) mass is 298 g/mol. The van der Waals surface area contributed by atoms with Gasteiger partial charge in [-0.1, -0.05) is 31.1 Å². The lowest BCUT2D eigenvalue weighted by atomic mass is 10.1. The third kappa shape index (κ3) is 4.32. The molecule has 114 valence electrons. The van der Waals surface area contributed by atoms with Crippen LogP contribution in [0.15, 0.2) is 34.9 Å². The summed E-state index contributed by atoms with van der Waals surface area (Å²) in [5.74, 6) is 0.849. The number of rotatable bonds is 5. The van der Waals surface area contributed by atoms with Gasteiger partial charge in [0, 0.05) is 18.2 Å². The van der Waals surface area contributed by atoms with E-state index in [9.17, 15) is 13.2 Å². The Kier molecular flexibility index (Phi) is 4.67. The van der Waals surface area contributed by atoms with Gasteiger partial charge in [0.25, 0.3) is 0 Å². The molecule has 0 bridgehead atoms. The Hall–Kier alpha value is -1.82. The maximum atomic E-state index is 12.7. The quantitative estimate of drug-likeness (QED) is 0.903. The van der Waals surface area contributed by atoms with Gasteiger partial charge in [0.05, 0.1) is 11.3 Å². The third-order valence-corrected chi connectivity index (χ3v) is 2.89. The van der Waals surface area contributed by atoms with Crippen LogP contribution >= 0.6 is 0 Å². The molecule has 6 heteroatoms. The van der Waals surface area contributed by atoms with Crippen molar-refractivity contribution < 1.29 is 17.7 Å². The van der Waals surface area contributed by atoms with Gasteiger partial charge in [0.15, 0.2) is 5.76 Å². The molecule has 3 nitrogen and oxygen atoms in total. The maximum absolute atomic E-state index is 12.7. The van der Waals surface area contributed by atoms with Crippen molar-refractivity contribution in [3.8, 4) is 11.3 Å². The van der Waals surface area contributed by atoms with E-state index in [2.05, 4.69) is 24.3 Å². The number of halogens is 3. The van der Waals surface area contributed by atoms with Crippen LogP contribution in [-0.4, -0.2) is 11.7 Å². The fraction of sp³-hybridized carbons (Fsp3) is 0.400. The van der Waals surface area contributed by atoms with E-state index in [1.54, 1.807) is 12.1 Å². The van der Waals surface area contributed by atoms with Gasteiger partial charge in [-0.3, -0.25) is 0 Å². The van der Waals surface area contributed by atoms with Gasteiger partial charge in [0.2, 0.25) is 0 Å². The topological polar surface area (TPSA) is 38.1 Å². The highest BCUT2D eigenvalue weighted by Gasteiger charge is 2.30. The van der Waals surface area contributed by atoms with E-state index >= 15 is 0 Å². The van der Waals surface area contributed by atoms with Gasteiger partial charge >= 0.3 is 6.18 Å². The summed E-state index contributed by atoms with van der Waals surface area (Å²) in [6.07, 6.45) is -4.36. The molecule has 21 heavy (non-hydrogen) atoms. The largest absolute Gasteiger partial charge is 0.416 e. The summed E-state index contributed by atoms with van der Waals surface area (Å²) in [5, 5.41) is 7.06. The second-order valence-electron chi connectivity index (χ2n) is 5.29. The van der Waals surface area contributed by atoms with Crippen LogP contribution in [0.2, 0.25) is 0 Å². The fourth-order valence-corrected chi connectivity index (χ4v) is 1.87. The highest BCUT2D eigenvalue weighted by molar-refractivity contribution is 5.58. The summed E-state index contributed by atoms with van der Waals surface area (Å²) < 4.78 is 43.1. The summed E-state index contributed by atoms with van der Waals surface area (Å²) in [6, 6.07) is 6.68. The van der Waals surface area contributed by atoms with E-state index in [1.165, 1.54) is 6.07 Å². The van der Waals surface area contributed by atoms with Crippen molar-refractivity contribution in [3.05, 3.63) is 41.6 Å². The molecule has 1 aromatic carbocycles. The Morgan fingerprint density at radius 3 is 2.67 bits per heavy atom. The summed E-state index contributed by atoms with van der Waals surface area (Å²) >= 11 is 0. The number of aromatic nitrogens is 1. The minimum absolute atomic E-state index is 0.336. The number of nitrogens with one attached hydrogen (secondary N) is 1. The molecule has 2 rings (SSSR count). The van der Waals surface area contributed by atoms with E-state index in [4.69, 9.17) is 4.52 Å². The first kappa shape index (κ1) is 15.6. The maximum Gasteiger partial charge on any atom is 0.416 e. The molecule has 0 saturated heterocycles. The molecule has 0 unspecified atom stereocenters. The van der Waals surface area contributed by atoms with Gasteiger partial charge in [-0.15, -0.1) is 0 Å². The number of hydrogen-bond donors (Lipinski definition) is 1. The van der Waals surface area contributed by atoms with Crippen molar-refractivity contribution in [2.45, 2.75) is 26.6 Å². The number of nitrogens with zero attached hydrogens (tertiary/aromatic N) is 1. The molecule has 1 heterocycles. The van der Waals surface area contributed by atoms with Gasteiger partial charge in [0.1, 0.15) is 0 Å². The van der Waals surface area contributed by atoms with E-state index in [0.29, 0.717) is 29.5 Å². The Morgan fingerprint density at radius 1 is 1.24 bits per heavy atom. The lowest BCUT2D eigenvalue weighted by Crippen LogP contribution is -2.18. The van der Waals surface area contributed by atoms with Crippen LogP contribution in [-0.2, 0) is 12.7 Å². The van der Waals surface area contributed by atoms with Crippen molar-refractivity contribution in [3.63, 3.8) is 0 Å². The molecule has 1 N–H and O–H groups in total. The van der Waals surface area contributed by atoms with Crippen LogP contribution in [0, 0.1) is 5.92 Å². The first-order chi connectivity index (χ1) is 9.86. The second-order valence-corrected chi connectivity index (χ2v) is 5.29. The van der Waals surface area contributed by atoms with Gasteiger partial charge in [-0.2, -0.15) is 13.2 Å². The third-order valence-electron chi connectivity index (χ3n) is 2.89. The van der Waals surface area contributed by atoms with Crippen LogP contribution in [0.3, 0.4) is 0 Å². The smallest absolute Gasteiger partial charge is 0.356 e. The van der Waals surface area contributed by atoms with E-state index in [0.717, 1.165) is 18.7 Å². The van der Waals surface area contributed by atoms with Crippen molar-refractivity contribution in [1.82, 2.24) is 10.5 Å². The molecule has 0 spiro atoms. The molecule has 0 aliphatic rings. The molecule has 0 saturated carbocycles. The molecule has 0 radical (unpaired) electrons. The number of benzene rings is 1. The molecular weight excluding hydrogens is 281 g/mol. The van der Waals surface area contributed by atoms with Gasteiger partial charge < -0.3 is 9.84 Å². The minimum Gasteiger partial charge on any atom is -0.356 e. The Balaban J connectivity index is 2.11. The molecular formula is C15H17F3N2O. The molecule has 1 aromatic heterocycles. The zero-order chi connectivity index (χ0) is 15.5. The standard InChI is InChI=1S/C15H17F3N2O/c1-10(2)8-19-9-13-7-14(21-20-13)11-4-3-5-12(6-11)15(16,17)18/h3-7,10,19H,8-9H2,1-2H3. The summed E-state index contributed by atoms with van der Waals surface area (Å²) in [7, 11) is 0. The number of alkyl halides is 3. The van der Waals surface area contributed by atoms with Gasteiger partial charge in [-0.05, 0) is 24.6 Å². The van der Waals surface area contributed by atoms with E-state index in [1.807, 2.05) is 0 Å². The van der Waals surface area contributed by atoms with Crippen molar-refractivity contribution in [1.29, 1.82) is 0 Å². The second kappa shape index (κ2) is 6.30. The Bertz CT molecular complexity index is 591. The van der Waals surface area contributed by atoms with E-state index in [-0.39, 0.29) is 0 Å². The lowest BCUT2D eigenvalue weighted by molar-refractivity contribution is -0.137. The van der Waals surface area contributed by atoms with Crippen molar-refractivity contribution >= 4 is 0 Å². The fourth-order valence-electron chi connectivity index (χ4n) is 1.87. The Labute approximate surface area is 121 Å². The predicted octanol–water partition coefficient (Wildman–Crippen LogP) is 4.11. The predicted molar refractivity (Wildman–Crippen MR) is 73.5 cm³/mol. The average Bonchev–Trinajstić information content (AvgIpc) is 2.86. The summed E-state index contributed by atoms with van der Waals surface area (Å²) in [5.41, 5.74) is 0.339. The zero-order valence-electron chi connectivity index (χ0n) is 11.9. The molecule has 0 aliphatic carbocycles. The first-order valence-corrected chi connectivity index (χ1v) is 6.70. The molecule has 0 amide bonds. The zero-order valence-corrected chi connectivity index (χ0v) is 11.9. The summed E-state index contributed by atoms with van der Waals surface area (Å²) in [6.45, 7) is 5.54. The molecule has 0 atom stereocenters. The minimum atomic E-state index is -4.36. The van der Waals surface area contributed by atoms with Crippen LogP contribution in [0.5, 0.6) is 0 Å². The van der Waals surface area contributed by atoms with Crippen LogP contribution in [0.1, 0.15) is 25.1 Å². The van der Waals surface area contributed by atoms with Crippen LogP contribution < -0.4 is 5.32 Å². The van der Waals surface area contributed by atoms with E-state index < -0.39 is 11.7 Å². The normalized spacial score (nSPS) is 12.1. The first-order valence-electron chi connectivity index (χ1n) is 6.70. The highest BCUT2D eigenvalue weighted by atomic mass is 19.4. The lowest BCUT2D eigenvalue weighted by Gasteiger charge is -2.06.